The number of anilines is 1. The van der Waals surface area contributed by atoms with Gasteiger partial charge in [-0.2, -0.15) is 0 Å². The molecular formula is C31H37Cl2N3O5S. The van der Waals surface area contributed by atoms with Gasteiger partial charge in [-0.25, -0.2) is 8.42 Å². The SMILES string of the molecule is CC[C@H](C(=O)NCC(C)C)N(Cc1ccc(OC)cc1)C(=O)CN(c1cc(Cl)cc(Cl)c1)S(=O)(=O)c1ccc(C)cc1. The van der Waals surface area contributed by atoms with Crippen LogP contribution in [0, 0.1) is 12.8 Å². The highest BCUT2D eigenvalue weighted by atomic mass is 35.5. The van der Waals surface area contributed by atoms with Crippen molar-refractivity contribution in [3.05, 3.63) is 87.9 Å². The highest BCUT2D eigenvalue weighted by Crippen LogP contribution is 2.30. The number of benzene rings is 3. The molecular weight excluding hydrogens is 597 g/mol. The highest BCUT2D eigenvalue weighted by Gasteiger charge is 2.34. The van der Waals surface area contributed by atoms with Crippen molar-refractivity contribution in [2.75, 3.05) is 24.5 Å². The van der Waals surface area contributed by atoms with E-state index in [9.17, 15) is 18.0 Å². The number of methoxy groups -OCH3 is 1. The standard InChI is InChI=1S/C31H37Cl2N3O5S/c1-6-29(31(38)34-18-21(2)3)35(19-23-9-11-27(41-5)12-10-23)30(37)20-36(26-16-24(32)15-25(33)17-26)42(39,40)28-13-7-22(4)8-14-28/h7-17,21,29H,6,18-20H2,1-5H3,(H,34,38)/t29-/m1/s1. The summed E-state index contributed by atoms with van der Waals surface area (Å²) in [4.78, 5) is 28.9. The van der Waals surface area contributed by atoms with E-state index in [0.29, 0.717) is 18.7 Å². The zero-order valence-electron chi connectivity index (χ0n) is 24.4. The van der Waals surface area contributed by atoms with E-state index < -0.39 is 28.5 Å². The first kappa shape index (κ1) is 33.2. The van der Waals surface area contributed by atoms with Crippen molar-refractivity contribution in [3.8, 4) is 5.75 Å². The number of carbonyl (C=O) groups excluding carboxylic acids is 2. The maximum absolute atomic E-state index is 14.1. The fourth-order valence-electron chi connectivity index (χ4n) is 4.32. The summed E-state index contributed by atoms with van der Waals surface area (Å²) in [5.74, 6) is -0.0255. The quantitative estimate of drug-likeness (QED) is 0.246. The lowest BCUT2D eigenvalue weighted by Crippen LogP contribution is -2.52. The van der Waals surface area contributed by atoms with Crippen LogP contribution in [0.1, 0.15) is 38.3 Å². The maximum Gasteiger partial charge on any atom is 0.264 e. The average molecular weight is 635 g/mol. The van der Waals surface area contributed by atoms with E-state index in [1.165, 1.54) is 35.2 Å². The Kier molecular flexibility index (Phi) is 11.7. The molecule has 11 heteroatoms. The first-order valence-electron chi connectivity index (χ1n) is 13.6. The lowest BCUT2D eigenvalue weighted by atomic mass is 10.1. The number of nitrogens with zero attached hydrogens (tertiary/aromatic N) is 2. The molecule has 8 nitrogen and oxygen atoms in total. The lowest BCUT2D eigenvalue weighted by Gasteiger charge is -2.33. The summed E-state index contributed by atoms with van der Waals surface area (Å²) in [6.45, 7) is 7.54. The van der Waals surface area contributed by atoms with Gasteiger partial charge in [-0.15, -0.1) is 0 Å². The molecule has 0 saturated heterocycles. The summed E-state index contributed by atoms with van der Waals surface area (Å²) in [6.07, 6.45) is 0.319. The fraction of sp³-hybridized carbons (Fsp3) is 0.355. The van der Waals surface area contributed by atoms with E-state index in [1.54, 1.807) is 43.5 Å². The molecule has 2 amide bonds. The molecule has 0 aliphatic rings. The van der Waals surface area contributed by atoms with Crippen LogP contribution in [0.5, 0.6) is 5.75 Å². The molecule has 42 heavy (non-hydrogen) atoms. The number of nitrogens with one attached hydrogen (secondary N) is 1. The minimum atomic E-state index is -4.24. The summed E-state index contributed by atoms with van der Waals surface area (Å²) in [6, 6.07) is 17.0. The molecule has 0 fully saturated rings. The van der Waals surface area contributed by atoms with Crippen LogP contribution in [0.25, 0.3) is 0 Å². The van der Waals surface area contributed by atoms with Crippen LogP contribution in [0.2, 0.25) is 10.0 Å². The molecule has 0 bridgehead atoms. The molecule has 3 rings (SSSR count). The van der Waals surface area contributed by atoms with Crippen LogP contribution < -0.4 is 14.4 Å². The van der Waals surface area contributed by atoms with Gasteiger partial charge in [0.25, 0.3) is 10.0 Å². The number of aryl methyl sites for hydroxylation is 1. The number of sulfonamides is 1. The minimum Gasteiger partial charge on any atom is -0.497 e. The Morgan fingerprint density at radius 3 is 2.07 bits per heavy atom. The first-order valence-corrected chi connectivity index (χ1v) is 15.8. The molecule has 1 N–H and O–H groups in total. The molecule has 0 unspecified atom stereocenters. The summed E-state index contributed by atoms with van der Waals surface area (Å²) >= 11 is 12.5. The molecule has 226 valence electrons. The monoisotopic (exact) mass is 633 g/mol. The molecule has 1 atom stereocenters. The highest BCUT2D eigenvalue weighted by molar-refractivity contribution is 7.92. The van der Waals surface area contributed by atoms with Gasteiger partial charge in [0, 0.05) is 23.1 Å². The van der Waals surface area contributed by atoms with Crippen molar-refractivity contribution in [3.63, 3.8) is 0 Å². The number of carbonyl (C=O) groups is 2. The predicted octanol–water partition coefficient (Wildman–Crippen LogP) is 6.09. The van der Waals surface area contributed by atoms with Crippen LogP contribution >= 0.6 is 23.2 Å². The smallest absolute Gasteiger partial charge is 0.264 e. The van der Waals surface area contributed by atoms with E-state index in [4.69, 9.17) is 27.9 Å². The van der Waals surface area contributed by atoms with Gasteiger partial charge in [-0.05, 0) is 67.3 Å². The summed E-state index contributed by atoms with van der Waals surface area (Å²) < 4.78 is 34.2. The first-order chi connectivity index (χ1) is 19.8. The number of rotatable bonds is 13. The van der Waals surface area contributed by atoms with Gasteiger partial charge in [0.2, 0.25) is 11.8 Å². The third kappa shape index (κ3) is 8.63. The van der Waals surface area contributed by atoms with Crippen molar-refractivity contribution in [2.45, 2.75) is 51.6 Å². The van der Waals surface area contributed by atoms with E-state index in [0.717, 1.165) is 15.4 Å². The molecule has 0 heterocycles. The topological polar surface area (TPSA) is 96.0 Å². The van der Waals surface area contributed by atoms with E-state index >= 15 is 0 Å². The van der Waals surface area contributed by atoms with Gasteiger partial charge in [0.15, 0.2) is 0 Å². The Morgan fingerprint density at radius 2 is 1.55 bits per heavy atom. The van der Waals surface area contributed by atoms with Crippen molar-refractivity contribution in [2.24, 2.45) is 5.92 Å². The molecule has 3 aromatic carbocycles. The van der Waals surface area contributed by atoms with Crippen molar-refractivity contribution in [1.82, 2.24) is 10.2 Å². The van der Waals surface area contributed by atoms with Crippen LogP contribution in [0.4, 0.5) is 5.69 Å². The van der Waals surface area contributed by atoms with Crippen LogP contribution in [0.15, 0.2) is 71.6 Å². The molecule has 0 spiro atoms. The zero-order chi connectivity index (χ0) is 31.0. The Balaban J connectivity index is 2.07. The van der Waals surface area contributed by atoms with Crippen LogP contribution in [0.3, 0.4) is 0 Å². The van der Waals surface area contributed by atoms with E-state index in [2.05, 4.69) is 5.32 Å². The summed E-state index contributed by atoms with van der Waals surface area (Å²) in [5.41, 5.74) is 1.76. The summed E-state index contributed by atoms with van der Waals surface area (Å²) in [5, 5.41) is 3.34. The molecule has 3 aromatic rings. The molecule has 0 aliphatic heterocycles. The number of hydrogen-bond donors (Lipinski definition) is 1. The van der Waals surface area contributed by atoms with Crippen molar-refractivity contribution in [1.29, 1.82) is 0 Å². The lowest BCUT2D eigenvalue weighted by molar-refractivity contribution is -0.140. The van der Waals surface area contributed by atoms with Crippen LogP contribution in [-0.2, 0) is 26.2 Å². The second-order valence-corrected chi connectivity index (χ2v) is 13.1. The Labute approximate surface area is 258 Å². The predicted molar refractivity (Wildman–Crippen MR) is 168 cm³/mol. The van der Waals surface area contributed by atoms with Crippen molar-refractivity contribution >= 4 is 50.7 Å². The molecule has 0 aliphatic carbocycles. The van der Waals surface area contributed by atoms with Gasteiger partial charge in [-0.1, -0.05) is 73.8 Å². The number of hydrogen-bond acceptors (Lipinski definition) is 5. The third-order valence-electron chi connectivity index (χ3n) is 6.61. The van der Waals surface area contributed by atoms with Crippen LogP contribution in [-0.4, -0.2) is 51.4 Å². The Morgan fingerprint density at radius 1 is 0.952 bits per heavy atom. The average Bonchev–Trinajstić information content (AvgIpc) is 2.94. The molecule has 0 saturated carbocycles. The maximum atomic E-state index is 14.1. The second kappa shape index (κ2) is 14.8. The molecule has 0 aromatic heterocycles. The number of amides is 2. The number of halogens is 2. The largest absolute Gasteiger partial charge is 0.497 e. The second-order valence-electron chi connectivity index (χ2n) is 10.4. The Hall–Kier alpha value is -3.27. The van der Waals surface area contributed by atoms with E-state index in [-0.39, 0.29) is 39.0 Å². The fourth-order valence-corrected chi connectivity index (χ4v) is 6.23. The van der Waals surface area contributed by atoms with Crippen molar-refractivity contribution < 1.29 is 22.7 Å². The number of ether oxygens (including phenoxy) is 1. The summed E-state index contributed by atoms with van der Waals surface area (Å²) in [7, 11) is -2.68. The van der Waals surface area contributed by atoms with Gasteiger partial charge in [0.1, 0.15) is 18.3 Å². The van der Waals surface area contributed by atoms with Gasteiger partial charge >= 0.3 is 0 Å². The van der Waals surface area contributed by atoms with Gasteiger partial charge in [-0.3, -0.25) is 13.9 Å². The zero-order valence-corrected chi connectivity index (χ0v) is 26.8. The van der Waals surface area contributed by atoms with Gasteiger partial charge < -0.3 is 15.0 Å². The van der Waals surface area contributed by atoms with Gasteiger partial charge in [0.05, 0.1) is 17.7 Å². The van der Waals surface area contributed by atoms with E-state index in [1.807, 2.05) is 27.7 Å². The Bertz CT molecular complexity index is 1460. The minimum absolute atomic E-state index is 0.000389. The third-order valence-corrected chi connectivity index (χ3v) is 8.83. The molecule has 0 radical (unpaired) electrons. The normalized spacial score (nSPS) is 12.1.